The molecule has 4 nitrogen and oxygen atoms in total. The number of benzene rings is 1. The molecule has 2 aromatic rings. The Morgan fingerprint density at radius 2 is 2.00 bits per heavy atom. The topological polar surface area (TPSA) is 59.3 Å². The number of aromatic carboxylic acids is 1. The van der Waals surface area contributed by atoms with Gasteiger partial charge in [0.25, 0.3) is 5.56 Å². The fraction of sp³-hybridized carbons (Fsp3) is 0.375. The van der Waals surface area contributed by atoms with Crippen molar-refractivity contribution in [1.29, 1.82) is 0 Å². The predicted octanol–water partition coefficient (Wildman–Crippen LogP) is 3.05. The van der Waals surface area contributed by atoms with Crippen molar-refractivity contribution in [2.75, 3.05) is 0 Å². The van der Waals surface area contributed by atoms with E-state index in [9.17, 15) is 14.7 Å². The summed E-state index contributed by atoms with van der Waals surface area (Å²) in [4.78, 5) is 23.9. The molecular formula is C16H19NO3. The van der Waals surface area contributed by atoms with Gasteiger partial charge in [-0.15, -0.1) is 0 Å². The first-order valence-electron chi connectivity index (χ1n) is 6.77. The molecule has 106 valence electrons. The number of hydrogen-bond donors (Lipinski definition) is 1. The molecule has 0 atom stereocenters. The molecule has 0 saturated heterocycles. The maximum Gasteiger partial charge on any atom is 0.352 e. The third kappa shape index (κ3) is 2.74. The van der Waals surface area contributed by atoms with Gasteiger partial charge in [-0.3, -0.25) is 4.79 Å². The zero-order valence-electron chi connectivity index (χ0n) is 12.0. The van der Waals surface area contributed by atoms with Gasteiger partial charge in [0.05, 0.1) is 0 Å². The number of nitrogens with zero attached hydrogens (tertiary/aromatic N) is 1. The minimum atomic E-state index is -1.06. The number of carbonyl (C=O) groups is 1. The normalized spacial score (nSPS) is 11.2. The summed E-state index contributed by atoms with van der Waals surface area (Å²) in [6.07, 6.45) is 0.775. The lowest BCUT2D eigenvalue weighted by molar-refractivity contribution is 0.0683. The van der Waals surface area contributed by atoms with Crippen LogP contribution in [0.1, 0.15) is 36.3 Å². The van der Waals surface area contributed by atoms with Crippen LogP contribution in [0.25, 0.3) is 10.8 Å². The van der Waals surface area contributed by atoms with E-state index >= 15 is 0 Å². The van der Waals surface area contributed by atoms with Crippen LogP contribution in [0.2, 0.25) is 0 Å². The van der Waals surface area contributed by atoms with Gasteiger partial charge in [-0.1, -0.05) is 31.5 Å². The number of fused-ring (bicyclic) bond motifs is 1. The molecule has 1 heterocycles. The average Bonchev–Trinajstić information content (AvgIpc) is 2.37. The molecule has 1 aromatic carbocycles. The van der Waals surface area contributed by atoms with Crippen LogP contribution < -0.4 is 5.56 Å². The van der Waals surface area contributed by atoms with Crippen LogP contribution in [0.5, 0.6) is 0 Å². The highest BCUT2D eigenvalue weighted by atomic mass is 16.4. The standard InChI is InChI=1S/C16H19NO3/c1-10(2)6-7-17-14(16(19)20)9-12-5-4-11(3)8-13(12)15(17)18/h4-5,8-10H,6-7H2,1-3H3,(H,19,20). The Morgan fingerprint density at radius 3 is 2.60 bits per heavy atom. The van der Waals surface area contributed by atoms with Gasteiger partial charge in [0.1, 0.15) is 5.69 Å². The molecule has 0 fully saturated rings. The van der Waals surface area contributed by atoms with Crippen LogP contribution in [-0.4, -0.2) is 15.6 Å². The highest BCUT2D eigenvalue weighted by Gasteiger charge is 2.14. The third-order valence-corrected chi connectivity index (χ3v) is 3.42. The molecule has 0 spiro atoms. The smallest absolute Gasteiger partial charge is 0.352 e. The summed E-state index contributed by atoms with van der Waals surface area (Å²) in [7, 11) is 0. The zero-order valence-corrected chi connectivity index (χ0v) is 12.0. The van der Waals surface area contributed by atoms with Crippen LogP contribution >= 0.6 is 0 Å². The lowest BCUT2D eigenvalue weighted by atomic mass is 10.1. The van der Waals surface area contributed by atoms with E-state index in [0.717, 1.165) is 12.0 Å². The van der Waals surface area contributed by atoms with Crippen molar-refractivity contribution in [3.8, 4) is 0 Å². The molecule has 0 unspecified atom stereocenters. The van der Waals surface area contributed by atoms with E-state index in [2.05, 4.69) is 13.8 Å². The SMILES string of the molecule is Cc1ccc2cc(C(=O)O)n(CCC(C)C)c(=O)c2c1. The molecule has 0 aliphatic carbocycles. The molecule has 4 heteroatoms. The maximum absolute atomic E-state index is 12.5. The van der Waals surface area contributed by atoms with Gasteiger partial charge >= 0.3 is 5.97 Å². The van der Waals surface area contributed by atoms with Crippen molar-refractivity contribution in [3.05, 3.63) is 45.9 Å². The van der Waals surface area contributed by atoms with E-state index < -0.39 is 5.97 Å². The second kappa shape index (κ2) is 5.49. The first-order chi connectivity index (χ1) is 9.40. The highest BCUT2D eigenvalue weighted by molar-refractivity contribution is 5.92. The second-order valence-electron chi connectivity index (χ2n) is 5.56. The first kappa shape index (κ1) is 14.3. The molecule has 2 rings (SSSR count). The second-order valence-corrected chi connectivity index (χ2v) is 5.56. The Kier molecular flexibility index (Phi) is 3.93. The van der Waals surface area contributed by atoms with Crippen LogP contribution in [0.4, 0.5) is 0 Å². The molecule has 1 aromatic heterocycles. The van der Waals surface area contributed by atoms with Crippen molar-refractivity contribution in [3.63, 3.8) is 0 Å². The molecule has 0 radical (unpaired) electrons. The molecule has 0 aliphatic heterocycles. The minimum absolute atomic E-state index is 0.0620. The Morgan fingerprint density at radius 1 is 1.30 bits per heavy atom. The summed E-state index contributed by atoms with van der Waals surface area (Å²) < 4.78 is 1.38. The van der Waals surface area contributed by atoms with Gasteiger partial charge in [-0.25, -0.2) is 4.79 Å². The summed E-state index contributed by atoms with van der Waals surface area (Å²) in [5.41, 5.74) is 0.837. The van der Waals surface area contributed by atoms with Gasteiger partial charge in [0.2, 0.25) is 0 Å². The van der Waals surface area contributed by atoms with Crippen LogP contribution in [0.3, 0.4) is 0 Å². The minimum Gasteiger partial charge on any atom is -0.477 e. The first-order valence-corrected chi connectivity index (χ1v) is 6.77. The number of pyridine rings is 1. The molecule has 20 heavy (non-hydrogen) atoms. The maximum atomic E-state index is 12.5. The van der Waals surface area contributed by atoms with Crippen molar-refractivity contribution < 1.29 is 9.90 Å². The van der Waals surface area contributed by atoms with Crippen molar-refractivity contribution in [2.24, 2.45) is 5.92 Å². The fourth-order valence-corrected chi connectivity index (χ4v) is 2.25. The van der Waals surface area contributed by atoms with Gasteiger partial charge in [0, 0.05) is 11.9 Å². The largest absolute Gasteiger partial charge is 0.477 e. The van der Waals surface area contributed by atoms with Crippen molar-refractivity contribution >= 4 is 16.7 Å². The van der Waals surface area contributed by atoms with E-state index in [4.69, 9.17) is 0 Å². The number of aromatic nitrogens is 1. The van der Waals surface area contributed by atoms with Crippen LogP contribution in [-0.2, 0) is 6.54 Å². The Balaban J connectivity index is 2.68. The lowest BCUT2D eigenvalue weighted by Gasteiger charge is -2.13. The Hall–Kier alpha value is -2.10. The molecule has 0 aliphatic rings. The number of carboxylic acids is 1. The predicted molar refractivity (Wildman–Crippen MR) is 79.4 cm³/mol. The quantitative estimate of drug-likeness (QED) is 0.931. The van der Waals surface area contributed by atoms with Gasteiger partial charge in [-0.2, -0.15) is 0 Å². The monoisotopic (exact) mass is 273 g/mol. The van der Waals surface area contributed by atoms with Crippen molar-refractivity contribution in [2.45, 2.75) is 33.7 Å². The number of rotatable bonds is 4. The summed E-state index contributed by atoms with van der Waals surface area (Å²) in [5, 5.41) is 10.6. The highest BCUT2D eigenvalue weighted by Crippen LogP contribution is 2.15. The number of carboxylic acid groups (broad SMARTS) is 1. The average molecular weight is 273 g/mol. The number of hydrogen-bond acceptors (Lipinski definition) is 2. The summed E-state index contributed by atoms with van der Waals surface area (Å²) in [6.45, 7) is 6.46. The van der Waals surface area contributed by atoms with E-state index in [1.54, 1.807) is 12.1 Å². The van der Waals surface area contributed by atoms with Gasteiger partial charge in [0.15, 0.2) is 0 Å². The fourth-order valence-electron chi connectivity index (χ4n) is 2.25. The summed E-state index contributed by atoms with van der Waals surface area (Å²) in [5.74, 6) is -0.648. The van der Waals surface area contributed by atoms with E-state index in [1.807, 2.05) is 19.1 Å². The molecule has 1 N–H and O–H groups in total. The Labute approximate surface area is 117 Å². The van der Waals surface area contributed by atoms with E-state index in [0.29, 0.717) is 23.2 Å². The lowest BCUT2D eigenvalue weighted by Crippen LogP contribution is -2.26. The number of aryl methyl sites for hydroxylation is 1. The van der Waals surface area contributed by atoms with Gasteiger partial charge in [-0.05, 0) is 36.8 Å². The van der Waals surface area contributed by atoms with E-state index in [1.165, 1.54) is 4.57 Å². The van der Waals surface area contributed by atoms with Gasteiger partial charge < -0.3 is 9.67 Å². The Bertz CT molecular complexity index is 713. The van der Waals surface area contributed by atoms with Crippen LogP contribution in [0.15, 0.2) is 29.1 Å². The zero-order chi connectivity index (χ0) is 14.9. The molecular weight excluding hydrogens is 254 g/mol. The van der Waals surface area contributed by atoms with Crippen LogP contribution in [0, 0.1) is 12.8 Å². The molecule has 0 bridgehead atoms. The summed E-state index contributed by atoms with van der Waals surface area (Å²) in [6, 6.07) is 7.07. The summed E-state index contributed by atoms with van der Waals surface area (Å²) >= 11 is 0. The molecule has 0 saturated carbocycles. The van der Waals surface area contributed by atoms with Crippen molar-refractivity contribution in [1.82, 2.24) is 4.57 Å². The van der Waals surface area contributed by atoms with E-state index in [-0.39, 0.29) is 11.3 Å². The third-order valence-electron chi connectivity index (χ3n) is 3.42. The molecule has 0 amide bonds.